The number of hydrogen-bond donors (Lipinski definition) is 2. The van der Waals surface area contributed by atoms with Gasteiger partial charge in [0.25, 0.3) is 0 Å². The van der Waals surface area contributed by atoms with Gasteiger partial charge >= 0.3 is 20.8 Å². The van der Waals surface area contributed by atoms with Crippen LogP contribution in [0.25, 0.3) is 10.8 Å². The van der Waals surface area contributed by atoms with Gasteiger partial charge in [0.05, 0.1) is 5.39 Å². The van der Waals surface area contributed by atoms with E-state index < -0.39 is 43.8 Å². The van der Waals surface area contributed by atoms with Crippen molar-refractivity contribution in [1.29, 1.82) is 0 Å². The first-order valence-electron chi connectivity index (χ1n) is 5.25. The molecule has 112 valence electrons. The molecule has 0 amide bonds. The summed E-state index contributed by atoms with van der Waals surface area (Å²) in [5.74, 6) is -1.72. The van der Waals surface area contributed by atoms with Crippen LogP contribution in [0.2, 0.25) is 0 Å². The highest BCUT2D eigenvalue weighted by Crippen LogP contribution is 2.40. The van der Waals surface area contributed by atoms with Gasteiger partial charge in [0, 0.05) is 12.1 Å². The molecule has 0 aliphatic carbocycles. The Balaban J connectivity index is 2.40. The predicted molar refractivity (Wildman–Crippen MR) is 67.5 cm³/mol. The van der Waals surface area contributed by atoms with Crippen molar-refractivity contribution >= 4 is 31.6 Å². The average Bonchev–Trinajstić information content (AvgIpc) is 2.22. The lowest BCUT2D eigenvalue weighted by Gasteiger charge is -2.13. The van der Waals surface area contributed by atoms with Crippen LogP contribution in [0.3, 0.4) is 0 Å². The van der Waals surface area contributed by atoms with E-state index in [9.17, 15) is 27.0 Å². The molecule has 0 aromatic heterocycles. The van der Waals surface area contributed by atoms with Crippen molar-refractivity contribution < 1.29 is 39.0 Å². The zero-order valence-corrected chi connectivity index (χ0v) is 11.5. The molecule has 3 rings (SSSR count). The lowest BCUT2D eigenvalue weighted by molar-refractivity contribution is 0.350. The monoisotopic (exact) mass is 334 g/mol. The SMILES string of the molecule is O=S1(=O)Oc2cc(O)c3c(O)cc(cc3c2)OS(=O)(=O)O1. The van der Waals surface area contributed by atoms with Crippen LogP contribution < -0.4 is 8.37 Å². The van der Waals surface area contributed by atoms with Gasteiger partial charge in [0.15, 0.2) is 0 Å². The number of fused-ring (bicyclic) bond motifs is 2. The van der Waals surface area contributed by atoms with E-state index in [1.165, 1.54) is 0 Å². The van der Waals surface area contributed by atoms with Crippen molar-refractivity contribution in [3.63, 3.8) is 0 Å². The second-order valence-electron chi connectivity index (χ2n) is 4.03. The smallest absolute Gasteiger partial charge is 0.466 e. The van der Waals surface area contributed by atoms with Gasteiger partial charge in [-0.05, 0) is 17.5 Å². The number of hydrogen-bond acceptors (Lipinski definition) is 9. The van der Waals surface area contributed by atoms with Crippen LogP contribution in [-0.2, 0) is 24.4 Å². The molecule has 1 heterocycles. The minimum atomic E-state index is -4.96. The molecule has 2 aromatic rings. The molecule has 0 radical (unpaired) electrons. The zero-order chi connectivity index (χ0) is 15.4. The molecule has 21 heavy (non-hydrogen) atoms. The van der Waals surface area contributed by atoms with E-state index >= 15 is 0 Å². The van der Waals surface area contributed by atoms with Gasteiger partial charge in [-0.2, -0.15) is 16.8 Å². The van der Waals surface area contributed by atoms with Gasteiger partial charge in [0.2, 0.25) is 0 Å². The van der Waals surface area contributed by atoms with Gasteiger partial charge in [-0.15, -0.1) is 0 Å². The van der Waals surface area contributed by atoms with Crippen LogP contribution in [0.1, 0.15) is 0 Å². The summed E-state index contributed by atoms with van der Waals surface area (Å²) in [6, 6.07) is 4.08. The van der Waals surface area contributed by atoms with Crippen molar-refractivity contribution in [3.05, 3.63) is 24.3 Å². The predicted octanol–water partition coefficient (Wildman–Crippen LogP) is 0.528. The van der Waals surface area contributed by atoms with E-state index in [-0.39, 0.29) is 10.8 Å². The number of phenols is 2. The molecule has 0 atom stereocenters. The molecule has 1 aliphatic rings. The van der Waals surface area contributed by atoms with Gasteiger partial charge in [0.1, 0.15) is 23.0 Å². The van der Waals surface area contributed by atoms with Gasteiger partial charge in [-0.3, -0.25) is 0 Å². The third kappa shape index (κ3) is 2.53. The maximum Gasteiger partial charge on any atom is 0.466 e. The van der Waals surface area contributed by atoms with Crippen molar-refractivity contribution in [2.45, 2.75) is 0 Å². The molecule has 0 spiro atoms. The highest BCUT2D eigenvalue weighted by Gasteiger charge is 2.29. The molecule has 1 aliphatic heterocycles. The number of benzene rings is 2. The zero-order valence-electron chi connectivity index (χ0n) is 9.88. The Kier molecular flexibility index (Phi) is 2.70. The number of phenolic OH excluding ortho intramolecular Hbond substituents is 2. The lowest BCUT2D eigenvalue weighted by atomic mass is 10.1. The normalized spacial score (nSPS) is 19.0. The summed E-state index contributed by atoms with van der Waals surface area (Å²) < 4.78 is 58.3. The average molecular weight is 334 g/mol. The highest BCUT2D eigenvalue weighted by atomic mass is 32.3. The Bertz CT molecular complexity index is 885. The lowest BCUT2D eigenvalue weighted by Crippen LogP contribution is -2.22. The summed E-state index contributed by atoms with van der Waals surface area (Å²) in [6.07, 6.45) is 0. The molecular formula is C10H6O9S2. The fraction of sp³-hybridized carbons (Fsp3) is 0. The first-order chi connectivity index (χ1) is 9.65. The third-order valence-corrected chi connectivity index (χ3v) is 4.64. The molecule has 0 saturated carbocycles. The Morgan fingerprint density at radius 2 is 1.19 bits per heavy atom. The summed E-state index contributed by atoms with van der Waals surface area (Å²) in [4.78, 5) is 0. The summed E-state index contributed by atoms with van der Waals surface area (Å²) in [5.41, 5.74) is 0. The maximum atomic E-state index is 11.4. The van der Waals surface area contributed by atoms with Gasteiger partial charge < -0.3 is 18.6 Å². The second kappa shape index (κ2) is 4.13. The topological polar surface area (TPSA) is 136 Å². The summed E-state index contributed by atoms with van der Waals surface area (Å²) in [7, 11) is -9.93. The fourth-order valence-electron chi connectivity index (χ4n) is 1.88. The minimum Gasteiger partial charge on any atom is -0.507 e. The van der Waals surface area contributed by atoms with Crippen LogP contribution in [0.5, 0.6) is 23.0 Å². The van der Waals surface area contributed by atoms with Crippen LogP contribution in [0.15, 0.2) is 24.3 Å². The molecule has 0 saturated heterocycles. The van der Waals surface area contributed by atoms with E-state index in [0.29, 0.717) is 0 Å². The second-order valence-corrected chi connectivity index (χ2v) is 6.54. The van der Waals surface area contributed by atoms with Crippen LogP contribution in [0.4, 0.5) is 0 Å². The Morgan fingerprint density at radius 1 is 0.762 bits per heavy atom. The quantitative estimate of drug-likeness (QED) is 0.706. The van der Waals surface area contributed by atoms with Crippen molar-refractivity contribution in [1.82, 2.24) is 0 Å². The largest absolute Gasteiger partial charge is 0.507 e. The summed E-state index contributed by atoms with van der Waals surface area (Å²) >= 11 is 0. The molecule has 3 bridgehead atoms. The summed E-state index contributed by atoms with van der Waals surface area (Å²) in [5, 5.41) is 19.6. The number of rotatable bonds is 0. The Hall–Kier alpha value is -2.24. The molecule has 11 heteroatoms. The highest BCUT2D eigenvalue weighted by molar-refractivity contribution is 7.95. The molecule has 2 N–H and O–H groups in total. The van der Waals surface area contributed by atoms with Crippen molar-refractivity contribution in [2.24, 2.45) is 0 Å². The summed E-state index contributed by atoms with van der Waals surface area (Å²) in [6.45, 7) is 0. The van der Waals surface area contributed by atoms with E-state index in [4.69, 9.17) is 0 Å². The van der Waals surface area contributed by atoms with Crippen molar-refractivity contribution in [2.75, 3.05) is 0 Å². The van der Waals surface area contributed by atoms with E-state index in [0.717, 1.165) is 24.3 Å². The van der Waals surface area contributed by atoms with Gasteiger partial charge in [-0.1, -0.05) is 3.63 Å². The molecule has 0 fully saturated rings. The molecule has 0 unspecified atom stereocenters. The molecule has 2 aromatic carbocycles. The van der Waals surface area contributed by atoms with E-state index in [1.54, 1.807) is 0 Å². The molecular weight excluding hydrogens is 328 g/mol. The molecule has 9 nitrogen and oxygen atoms in total. The van der Waals surface area contributed by atoms with E-state index in [1.807, 2.05) is 0 Å². The first-order valence-corrected chi connectivity index (χ1v) is 7.91. The fourth-order valence-corrected chi connectivity index (χ4v) is 3.58. The minimum absolute atomic E-state index is 0.0222. The Morgan fingerprint density at radius 3 is 1.62 bits per heavy atom. The first kappa shape index (κ1) is 13.7. The Labute approximate surface area is 118 Å². The number of aromatic hydroxyl groups is 2. The van der Waals surface area contributed by atoms with Crippen LogP contribution in [0, 0.1) is 0 Å². The van der Waals surface area contributed by atoms with Gasteiger partial charge in [-0.25, -0.2) is 0 Å². The van der Waals surface area contributed by atoms with Crippen LogP contribution >= 0.6 is 0 Å². The maximum absolute atomic E-state index is 11.4. The standard InChI is InChI=1S/C10H6O9S2/c11-8-3-6-1-5-2-7(4-9(12)10(5)8)18-21(15,16)19-20(13,14)17-6/h1-4,11-12H. The van der Waals surface area contributed by atoms with Crippen molar-refractivity contribution in [3.8, 4) is 23.0 Å². The third-order valence-electron chi connectivity index (χ3n) is 2.52. The van der Waals surface area contributed by atoms with E-state index in [2.05, 4.69) is 12.0 Å². The van der Waals surface area contributed by atoms with Crippen LogP contribution in [-0.4, -0.2) is 27.0 Å².